The number of fused-ring (bicyclic) bond motifs is 1. The van der Waals surface area contributed by atoms with Crippen LogP contribution in [-0.4, -0.2) is 44.7 Å². The van der Waals surface area contributed by atoms with Crippen molar-refractivity contribution in [2.24, 2.45) is 0 Å². The lowest BCUT2D eigenvalue weighted by atomic mass is 10.2. The first-order valence-corrected chi connectivity index (χ1v) is 8.51. The van der Waals surface area contributed by atoms with Crippen molar-refractivity contribution < 1.29 is 32.2 Å². The molecule has 10 heteroatoms. The Labute approximate surface area is 142 Å². The normalized spacial score (nSPS) is 13.8. The number of rotatable bonds is 4. The van der Waals surface area contributed by atoms with Crippen molar-refractivity contribution in [3.05, 3.63) is 41.8 Å². The summed E-state index contributed by atoms with van der Waals surface area (Å²) in [5, 5.41) is 9.07. The van der Waals surface area contributed by atoms with E-state index < -0.39 is 21.8 Å². The number of carboxylic acids is 1. The summed E-state index contributed by atoms with van der Waals surface area (Å²) in [4.78, 5) is 14.7. The first-order valence-electron chi connectivity index (χ1n) is 7.07. The molecule has 0 unspecified atom stereocenters. The maximum absolute atomic E-state index is 13.9. The molecule has 0 radical (unpaired) electrons. The molecule has 1 N–H and O–H groups in total. The number of aromatic carboxylic acids is 1. The Morgan fingerprint density at radius 2 is 2.16 bits per heavy atom. The van der Waals surface area contributed by atoms with Crippen molar-refractivity contribution in [1.82, 2.24) is 4.98 Å². The van der Waals surface area contributed by atoms with Gasteiger partial charge in [0.2, 0.25) is 5.88 Å². The zero-order valence-corrected chi connectivity index (χ0v) is 13.8. The maximum atomic E-state index is 13.9. The molecule has 2 heterocycles. The van der Waals surface area contributed by atoms with Gasteiger partial charge in [-0.05, 0) is 24.3 Å². The molecular weight excluding hydrogens is 355 g/mol. The molecule has 0 saturated carbocycles. The number of methoxy groups -OCH3 is 1. The monoisotopic (exact) mass is 368 g/mol. The number of benzene rings is 1. The Morgan fingerprint density at radius 1 is 1.40 bits per heavy atom. The molecule has 1 aromatic carbocycles. The van der Waals surface area contributed by atoms with Crippen molar-refractivity contribution >= 4 is 21.7 Å². The van der Waals surface area contributed by atoms with Gasteiger partial charge in [0.05, 0.1) is 24.1 Å². The summed E-state index contributed by atoms with van der Waals surface area (Å²) < 4.78 is 50.6. The molecule has 132 valence electrons. The average molecular weight is 368 g/mol. The largest absolute Gasteiger partial charge is 0.494 e. The van der Waals surface area contributed by atoms with E-state index in [1.54, 1.807) is 0 Å². The van der Waals surface area contributed by atoms with Crippen LogP contribution in [0.2, 0.25) is 0 Å². The van der Waals surface area contributed by atoms with Gasteiger partial charge in [0.1, 0.15) is 12.3 Å². The Hall–Kier alpha value is -2.88. The topological polar surface area (TPSA) is 106 Å². The van der Waals surface area contributed by atoms with Gasteiger partial charge in [-0.3, -0.25) is 4.31 Å². The van der Waals surface area contributed by atoms with Crippen LogP contribution in [0.1, 0.15) is 10.4 Å². The standard InChI is InChI=1S/C15H13FN2O6S/c1-23-13-3-2-10(7-11(13)16)25(21,22)18-4-5-24-14-12(18)6-9(8-17-14)15(19)20/h2-3,6-8H,4-5H2,1H3,(H,19,20). The minimum atomic E-state index is -4.14. The Morgan fingerprint density at radius 3 is 2.80 bits per heavy atom. The third-order valence-corrected chi connectivity index (χ3v) is 5.40. The summed E-state index contributed by atoms with van der Waals surface area (Å²) in [5.41, 5.74) is -0.201. The highest BCUT2D eigenvalue weighted by Crippen LogP contribution is 2.35. The molecule has 8 nitrogen and oxygen atoms in total. The van der Waals surface area contributed by atoms with E-state index in [-0.39, 0.29) is 40.9 Å². The van der Waals surface area contributed by atoms with E-state index in [1.165, 1.54) is 19.2 Å². The summed E-state index contributed by atoms with van der Waals surface area (Å²) in [6, 6.07) is 4.41. The lowest BCUT2D eigenvalue weighted by Crippen LogP contribution is -2.38. The lowest BCUT2D eigenvalue weighted by Gasteiger charge is -2.29. The zero-order valence-electron chi connectivity index (χ0n) is 13.0. The molecule has 1 aliphatic rings. The van der Waals surface area contributed by atoms with Crippen LogP contribution < -0.4 is 13.8 Å². The number of anilines is 1. The minimum Gasteiger partial charge on any atom is -0.494 e. The van der Waals surface area contributed by atoms with E-state index in [0.717, 1.165) is 22.6 Å². The fraction of sp³-hybridized carbons (Fsp3) is 0.200. The molecule has 2 aromatic rings. The molecule has 25 heavy (non-hydrogen) atoms. The quantitative estimate of drug-likeness (QED) is 0.872. The summed E-state index contributed by atoms with van der Waals surface area (Å²) in [6.07, 6.45) is 1.07. The zero-order chi connectivity index (χ0) is 18.2. The smallest absolute Gasteiger partial charge is 0.337 e. The molecule has 3 rings (SSSR count). The molecular formula is C15H13FN2O6S. The summed E-state index contributed by atoms with van der Waals surface area (Å²) in [5.74, 6) is -2.17. The van der Waals surface area contributed by atoms with Gasteiger partial charge >= 0.3 is 5.97 Å². The van der Waals surface area contributed by atoms with E-state index in [0.29, 0.717) is 0 Å². The average Bonchev–Trinajstić information content (AvgIpc) is 2.60. The lowest BCUT2D eigenvalue weighted by molar-refractivity contribution is 0.0696. The molecule has 0 bridgehead atoms. The molecule has 0 amide bonds. The number of sulfonamides is 1. The van der Waals surface area contributed by atoms with Crippen LogP contribution in [0, 0.1) is 5.82 Å². The van der Waals surface area contributed by atoms with E-state index in [9.17, 15) is 17.6 Å². The Balaban J connectivity index is 2.09. The Bertz CT molecular complexity index is 947. The second-order valence-corrected chi connectivity index (χ2v) is 6.94. The van der Waals surface area contributed by atoms with Crippen LogP contribution in [0.15, 0.2) is 35.4 Å². The van der Waals surface area contributed by atoms with E-state index in [1.807, 2.05) is 0 Å². The van der Waals surface area contributed by atoms with Crippen molar-refractivity contribution in [3.63, 3.8) is 0 Å². The SMILES string of the molecule is COc1ccc(S(=O)(=O)N2CCOc3ncc(C(=O)O)cc32)cc1F. The third kappa shape index (κ3) is 2.95. The second kappa shape index (κ2) is 6.20. The molecule has 0 atom stereocenters. The van der Waals surface area contributed by atoms with Gasteiger partial charge in [-0.15, -0.1) is 0 Å². The molecule has 1 aromatic heterocycles. The van der Waals surface area contributed by atoms with Crippen molar-refractivity contribution in [2.75, 3.05) is 24.6 Å². The first kappa shape index (κ1) is 17.0. The summed E-state index contributed by atoms with van der Waals surface area (Å²) in [7, 11) is -2.87. The number of hydrogen-bond acceptors (Lipinski definition) is 6. The predicted molar refractivity (Wildman–Crippen MR) is 84.2 cm³/mol. The summed E-state index contributed by atoms with van der Waals surface area (Å²) in [6.45, 7) is -0.0297. The van der Waals surface area contributed by atoms with E-state index in [4.69, 9.17) is 14.6 Å². The number of carbonyl (C=O) groups is 1. The van der Waals surface area contributed by atoms with Gasteiger partial charge in [0, 0.05) is 6.20 Å². The Kier molecular flexibility index (Phi) is 4.21. The molecule has 0 saturated heterocycles. The number of carboxylic acid groups (broad SMARTS) is 1. The number of halogens is 1. The third-order valence-electron chi connectivity index (χ3n) is 3.59. The van der Waals surface area contributed by atoms with Crippen molar-refractivity contribution in [2.45, 2.75) is 4.90 Å². The predicted octanol–water partition coefficient (Wildman–Crippen LogP) is 1.52. The molecule has 0 fully saturated rings. The van der Waals surface area contributed by atoms with Gasteiger partial charge in [-0.1, -0.05) is 0 Å². The first-order chi connectivity index (χ1) is 11.8. The minimum absolute atomic E-state index is 0.00573. The van der Waals surface area contributed by atoms with Crippen molar-refractivity contribution in [1.29, 1.82) is 0 Å². The van der Waals surface area contributed by atoms with Gasteiger partial charge < -0.3 is 14.6 Å². The van der Waals surface area contributed by atoms with Crippen molar-refractivity contribution in [3.8, 4) is 11.6 Å². The van der Waals surface area contributed by atoms with Gasteiger partial charge in [-0.25, -0.2) is 22.6 Å². The highest BCUT2D eigenvalue weighted by molar-refractivity contribution is 7.92. The molecule has 0 spiro atoms. The van der Waals surface area contributed by atoms with E-state index >= 15 is 0 Å². The molecule has 0 aliphatic carbocycles. The number of nitrogens with zero attached hydrogens (tertiary/aromatic N) is 2. The number of hydrogen-bond donors (Lipinski definition) is 1. The van der Waals surface area contributed by atoms with Gasteiger partial charge in [0.25, 0.3) is 10.0 Å². The maximum Gasteiger partial charge on any atom is 0.337 e. The van der Waals surface area contributed by atoms with Crippen LogP contribution in [0.25, 0.3) is 0 Å². The molecule has 1 aliphatic heterocycles. The summed E-state index contributed by atoms with van der Waals surface area (Å²) >= 11 is 0. The highest BCUT2D eigenvalue weighted by atomic mass is 32.2. The van der Waals surface area contributed by atoms with Crippen LogP contribution in [0.3, 0.4) is 0 Å². The second-order valence-electron chi connectivity index (χ2n) is 5.08. The fourth-order valence-electron chi connectivity index (χ4n) is 2.38. The number of pyridine rings is 1. The van der Waals surface area contributed by atoms with Gasteiger partial charge in [-0.2, -0.15) is 0 Å². The highest BCUT2D eigenvalue weighted by Gasteiger charge is 2.32. The van der Waals surface area contributed by atoms with Crippen LogP contribution >= 0.6 is 0 Å². The van der Waals surface area contributed by atoms with E-state index in [2.05, 4.69) is 4.98 Å². The van der Waals surface area contributed by atoms with Crippen LogP contribution in [0.4, 0.5) is 10.1 Å². The van der Waals surface area contributed by atoms with Gasteiger partial charge in [0.15, 0.2) is 11.6 Å². The fourth-order valence-corrected chi connectivity index (χ4v) is 3.83. The number of ether oxygens (including phenoxy) is 2. The number of aromatic nitrogens is 1. The van der Waals surface area contributed by atoms with Crippen LogP contribution in [0.5, 0.6) is 11.6 Å². The van der Waals surface area contributed by atoms with Crippen LogP contribution in [-0.2, 0) is 10.0 Å².